The number of benzene rings is 1. The van der Waals surface area contributed by atoms with Crippen molar-refractivity contribution >= 4 is 17.5 Å². The minimum atomic E-state index is -0.109. The highest BCUT2D eigenvalue weighted by atomic mass is 16.5. The number of rotatable bonds is 7. The van der Waals surface area contributed by atoms with Crippen LogP contribution in [-0.2, 0) is 9.53 Å². The summed E-state index contributed by atoms with van der Waals surface area (Å²) in [5, 5.41) is 5.72. The molecule has 1 fully saturated rings. The number of amides is 2. The maximum atomic E-state index is 12.1. The fourth-order valence-corrected chi connectivity index (χ4v) is 2.38. The summed E-state index contributed by atoms with van der Waals surface area (Å²) in [5.41, 5.74) is 1.21. The molecule has 0 saturated carbocycles. The molecule has 23 heavy (non-hydrogen) atoms. The molecular formula is C17H25N3O3. The first-order valence-electron chi connectivity index (χ1n) is 8.17. The zero-order valence-electron chi connectivity index (χ0n) is 13.6. The van der Waals surface area contributed by atoms with Gasteiger partial charge in [0.2, 0.25) is 5.91 Å². The van der Waals surface area contributed by atoms with Gasteiger partial charge in [-0.3, -0.25) is 14.5 Å². The van der Waals surface area contributed by atoms with Crippen LogP contribution in [0.3, 0.4) is 0 Å². The molecule has 126 valence electrons. The fourth-order valence-electron chi connectivity index (χ4n) is 2.38. The minimum Gasteiger partial charge on any atom is -0.379 e. The topological polar surface area (TPSA) is 70.7 Å². The number of ether oxygens (including phenoxy) is 1. The molecule has 2 amide bonds. The van der Waals surface area contributed by atoms with Crippen molar-refractivity contribution in [2.45, 2.75) is 19.8 Å². The Morgan fingerprint density at radius 1 is 1.26 bits per heavy atom. The number of nitrogens with zero attached hydrogens (tertiary/aromatic N) is 1. The molecular weight excluding hydrogens is 294 g/mol. The van der Waals surface area contributed by atoms with Gasteiger partial charge in [0.25, 0.3) is 5.91 Å². The first-order chi connectivity index (χ1) is 11.2. The van der Waals surface area contributed by atoms with Crippen LogP contribution in [-0.4, -0.2) is 56.1 Å². The average Bonchev–Trinajstić information content (AvgIpc) is 2.56. The Labute approximate surface area is 137 Å². The summed E-state index contributed by atoms with van der Waals surface area (Å²) < 4.78 is 5.26. The first kappa shape index (κ1) is 17.4. The fraction of sp³-hybridized carbons (Fsp3) is 0.529. The van der Waals surface area contributed by atoms with Crippen molar-refractivity contribution in [3.8, 4) is 0 Å². The van der Waals surface area contributed by atoms with E-state index in [0.717, 1.165) is 25.9 Å². The van der Waals surface area contributed by atoms with Crippen LogP contribution < -0.4 is 10.6 Å². The number of hydrogen-bond acceptors (Lipinski definition) is 4. The Balaban J connectivity index is 1.86. The highest BCUT2D eigenvalue weighted by Gasteiger charge is 2.14. The molecule has 0 spiro atoms. The molecule has 0 bridgehead atoms. The van der Waals surface area contributed by atoms with Gasteiger partial charge in [-0.1, -0.05) is 19.4 Å². The molecule has 1 aromatic rings. The Morgan fingerprint density at radius 3 is 2.78 bits per heavy atom. The van der Waals surface area contributed by atoms with E-state index in [-0.39, 0.29) is 11.8 Å². The summed E-state index contributed by atoms with van der Waals surface area (Å²) in [7, 11) is 0. The van der Waals surface area contributed by atoms with E-state index in [4.69, 9.17) is 4.74 Å². The summed E-state index contributed by atoms with van der Waals surface area (Å²) in [5.74, 6) is -0.182. The summed E-state index contributed by atoms with van der Waals surface area (Å²) >= 11 is 0. The van der Waals surface area contributed by atoms with Crippen LogP contribution >= 0.6 is 0 Å². The summed E-state index contributed by atoms with van der Waals surface area (Å²) in [6.45, 7) is 5.97. The van der Waals surface area contributed by atoms with Crippen LogP contribution in [0.5, 0.6) is 0 Å². The van der Waals surface area contributed by atoms with Crippen molar-refractivity contribution in [2.75, 3.05) is 44.7 Å². The van der Waals surface area contributed by atoms with E-state index in [9.17, 15) is 9.59 Å². The number of carbonyl (C=O) groups is 2. The van der Waals surface area contributed by atoms with Crippen molar-refractivity contribution in [1.29, 1.82) is 0 Å². The third kappa shape index (κ3) is 6.00. The van der Waals surface area contributed by atoms with Crippen LogP contribution in [0.25, 0.3) is 0 Å². The number of anilines is 1. The Kier molecular flexibility index (Phi) is 7.03. The minimum absolute atomic E-state index is 0.0737. The smallest absolute Gasteiger partial charge is 0.251 e. The highest BCUT2D eigenvalue weighted by molar-refractivity contribution is 5.97. The third-order valence-corrected chi connectivity index (χ3v) is 3.70. The molecule has 6 nitrogen and oxygen atoms in total. The quantitative estimate of drug-likeness (QED) is 0.747. The maximum absolute atomic E-state index is 12.1. The lowest BCUT2D eigenvalue weighted by Crippen LogP contribution is -2.41. The maximum Gasteiger partial charge on any atom is 0.251 e. The van der Waals surface area contributed by atoms with Crippen molar-refractivity contribution in [2.24, 2.45) is 0 Å². The van der Waals surface area contributed by atoms with Gasteiger partial charge in [-0.2, -0.15) is 0 Å². The SMILES string of the molecule is CCCCNC(=O)c1cccc(NC(=O)CN2CCOCC2)c1. The second-order valence-electron chi connectivity index (χ2n) is 5.63. The standard InChI is InChI=1S/C17H25N3O3/c1-2-3-7-18-17(22)14-5-4-6-15(12-14)19-16(21)13-20-8-10-23-11-9-20/h4-6,12H,2-3,7-11,13H2,1H3,(H,18,22)(H,19,21). The van der Waals surface area contributed by atoms with E-state index in [1.54, 1.807) is 24.3 Å². The molecule has 1 heterocycles. The molecule has 1 aliphatic heterocycles. The van der Waals surface area contributed by atoms with Gasteiger partial charge in [0.05, 0.1) is 19.8 Å². The second kappa shape index (κ2) is 9.27. The lowest BCUT2D eigenvalue weighted by molar-refractivity contribution is -0.118. The van der Waals surface area contributed by atoms with Crippen molar-refractivity contribution in [3.05, 3.63) is 29.8 Å². The van der Waals surface area contributed by atoms with Crippen molar-refractivity contribution in [3.63, 3.8) is 0 Å². The van der Waals surface area contributed by atoms with E-state index in [2.05, 4.69) is 22.5 Å². The molecule has 6 heteroatoms. The average molecular weight is 319 g/mol. The molecule has 1 aliphatic rings. The van der Waals surface area contributed by atoms with Crippen LogP contribution in [0.2, 0.25) is 0 Å². The normalized spacial score (nSPS) is 15.2. The van der Waals surface area contributed by atoms with E-state index >= 15 is 0 Å². The van der Waals surface area contributed by atoms with Crippen LogP contribution in [0.15, 0.2) is 24.3 Å². The molecule has 0 aliphatic carbocycles. The van der Waals surface area contributed by atoms with E-state index in [0.29, 0.717) is 37.6 Å². The van der Waals surface area contributed by atoms with Gasteiger partial charge in [-0.25, -0.2) is 0 Å². The van der Waals surface area contributed by atoms with Gasteiger partial charge in [0.15, 0.2) is 0 Å². The largest absolute Gasteiger partial charge is 0.379 e. The lowest BCUT2D eigenvalue weighted by atomic mass is 10.2. The number of morpholine rings is 1. The predicted octanol–water partition coefficient (Wildman–Crippen LogP) is 1.49. The Hall–Kier alpha value is -1.92. The second-order valence-corrected chi connectivity index (χ2v) is 5.63. The zero-order valence-corrected chi connectivity index (χ0v) is 13.6. The molecule has 2 N–H and O–H groups in total. The molecule has 0 unspecified atom stereocenters. The van der Waals surface area contributed by atoms with Gasteiger partial charge in [-0.15, -0.1) is 0 Å². The number of unbranched alkanes of at least 4 members (excludes halogenated alkanes) is 1. The number of nitrogens with one attached hydrogen (secondary N) is 2. The van der Waals surface area contributed by atoms with Crippen molar-refractivity contribution in [1.82, 2.24) is 10.2 Å². The lowest BCUT2D eigenvalue weighted by Gasteiger charge is -2.25. The number of hydrogen-bond donors (Lipinski definition) is 2. The number of carbonyl (C=O) groups excluding carboxylic acids is 2. The Bertz CT molecular complexity index is 528. The summed E-state index contributed by atoms with van der Waals surface area (Å²) in [4.78, 5) is 26.2. The zero-order chi connectivity index (χ0) is 16.5. The van der Waals surface area contributed by atoms with Crippen LogP contribution in [0.4, 0.5) is 5.69 Å². The van der Waals surface area contributed by atoms with E-state index in [1.165, 1.54) is 0 Å². The van der Waals surface area contributed by atoms with Gasteiger partial charge >= 0.3 is 0 Å². The molecule has 0 atom stereocenters. The molecule has 0 radical (unpaired) electrons. The molecule has 1 saturated heterocycles. The molecule has 2 rings (SSSR count). The Morgan fingerprint density at radius 2 is 2.04 bits per heavy atom. The summed E-state index contributed by atoms with van der Waals surface area (Å²) in [6, 6.07) is 7.02. The van der Waals surface area contributed by atoms with Gasteiger partial charge < -0.3 is 15.4 Å². The molecule has 1 aromatic carbocycles. The summed E-state index contributed by atoms with van der Waals surface area (Å²) in [6.07, 6.45) is 2.00. The molecule has 0 aromatic heterocycles. The van der Waals surface area contributed by atoms with E-state index in [1.807, 2.05) is 0 Å². The van der Waals surface area contributed by atoms with Gasteiger partial charge in [0, 0.05) is 30.9 Å². The monoisotopic (exact) mass is 319 g/mol. The van der Waals surface area contributed by atoms with Crippen molar-refractivity contribution < 1.29 is 14.3 Å². The van der Waals surface area contributed by atoms with Gasteiger partial charge in [0.1, 0.15) is 0 Å². The third-order valence-electron chi connectivity index (χ3n) is 3.70. The first-order valence-corrected chi connectivity index (χ1v) is 8.17. The van der Waals surface area contributed by atoms with Gasteiger partial charge in [-0.05, 0) is 24.6 Å². The highest BCUT2D eigenvalue weighted by Crippen LogP contribution is 2.11. The predicted molar refractivity (Wildman–Crippen MR) is 89.6 cm³/mol. The van der Waals surface area contributed by atoms with Crippen LogP contribution in [0, 0.1) is 0 Å². The van der Waals surface area contributed by atoms with Crippen LogP contribution in [0.1, 0.15) is 30.1 Å². The van der Waals surface area contributed by atoms with E-state index < -0.39 is 0 Å².